The van der Waals surface area contributed by atoms with Crippen molar-refractivity contribution in [3.05, 3.63) is 133 Å². The Labute approximate surface area is 257 Å². The average molecular weight is 723 g/mol. The molecule has 1 radical (unpaired) electrons. The Bertz CT molecular complexity index is 2050. The summed E-state index contributed by atoms with van der Waals surface area (Å²) in [5, 5.41) is 9.13. The van der Waals surface area contributed by atoms with Crippen molar-refractivity contribution in [2.75, 3.05) is 0 Å². The number of nitrogens with zero attached hydrogens (tertiary/aromatic N) is 2. The predicted molar refractivity (Wildman–Crippen MR) is 170 cm³/mol. The van der Waals surface area contributed by atoms with Crippen molar-refractivity contribution in [2.45, 2.75) is 19.8 Å². The first-order valence-electron chi connectivity index (χ1n) is 13.5. The Morgan fingerprint density at radius 3 is 2.20 bits per heavy atom. The van der Waals surface area contributed by atoms with Crippen molar-refractivity contribution < 1.29 is 20.1 Å². The molecule has 41 heavy (non-hydrogen) atoms. The number of fused-ring (bicyclic) bond motifs is 2. The van der Waals surface area contributed by atoms with E-state index in [1.165, 1.54) is 48.0 Å². The molecule has 2 aromatic heterocycles. The molecule has 0 amide bonds. The summed E-state index contributed by atoms with van der Waals surface area (Å²) in [6, 6.07) is 44.7. The topological polar surface area (TPSA) is 25.8 Å². The second-order valence-electron chi connectivity index (χ2n) is 10.3. The number of aromatic nitrogens is 2. The zero-order chi connectivity index (χ0) is 27.1. The van der Waals surface area contributed by atoms with Crippen LogP contribution < -0.4 is 0 Å². The zero-order valence-corrected chi connectivity index (χ0v) is 25.9. The van der Waals surface area contributed by atoms with Crippen molar-refractivity contribution in [1.29, 1.82) is 0 Å². The van der Waals surface area contributed by atoms with Crippen molar-refractivity contribution in [3.8, 4) is 22.5 Å². The molecule has 0 bridgehead atoms. The van der Waals surface area contributed by atoms with E-state index in [9.17, 15) is 0 Å². The van der Waals surface area contributed by atoms with Gasteiger partial charge >= 0.3 is 0 Å². The predicted octanol–water partition coefficient (Wildman–Crippen LogP) is 10.3. The number of pyridine rings is 1. The normalized spacial score (nSPS) is 11.2. The molecule has 0 aliphatic heterocycles. The Morgan fingerprint density at radius 1 is 0.683 bits per heavy atom. The average Bonchev–Trinajstić information content (AvgIpc) is 3.45. The van der Waals surface area contributed by atoms with E-state index >= 15 is 0 Å². The van der Waals surface area contributed by atoms with Gasteiger partial charge in [0.2, 0.25) is 0 Å². The van der Waals surface area contributed by atoms with Gasteiger partial charge in [-0.1, -0.05) is 74.4 Å². The van der Waals surface area contributed by atoms with E-state index in [1.54, 1.807) is 17.7 Å². The van der Waals surface area contributed by atoms with Crippen LogP contribution in [0.2, 0.25) is 0 Å². The molecule has 0 N–H and O–H groups in total. The number of benzene rings is 6. The molecule has 6 aromatic carbocycles. The molecule has 0 spiro atoms. The summed E-state index contributed by atoms with van der Waals surface area (Å²) >= 11 is 1.58. The minimum Gasteiger partial charge on any atom is -0.305 e. The van der Waals surface area contributed by atoms with Gasteiger partial charge in [0.25, 0.3) is 0 Å². The van der Waals surface area contributed by atoms with E-state index in [1.807, 2.05) is 36.4 Å². The van der Waals surface area contributed by atoms with Gasteiger partial charge in [0.1, 0.15) is 0 Å². The number of hydrogen-bond acceptors (Lipinski definition) is 3. The van der Waals surface area contributed by atoms with Crippen LogP contribution in [-0.4, -0.2) is 9.36 Å². The van der Waals surface area contributed by atoms with Gasteiger partial charge in [0, 0.05) is 36.7 Å². The van der Waals surface area contributed by atoms with Crippen LogP contribution in [0.15, 0.2) is 115 Å². The molecule has 0 aliphatic rings. The maximum Gasteiger partial charge on any atom is 0.0466 e. The van der Waals surface area contributed by atoms with Crippen LogP contribution >= 0.6 is 11.5 Å². The minimum absolute atomic E-state index is 0. The maximum atomic E-state index is 4.77. The van der Waals surface area contributed by atoms with Gasteiger partial charge in [-0.2, -0.15) is 0 Å². The van der Waals surface area contributed by atoms with Crippen LogP contribution in [0.4, 0.5) is 0 Å². The molecule has 0 aliphatic carbocycles. The summed E-state index contributed by atoms with van der Waals surface area (Å²) in [5.41, 5.74) is 5.45. The Hall–Kier alpha value is -3.95. The van der Waals surface area contributed by atoms with Crippen molar-refractivity contribution in [1.82, 2.24) is 9.36 Å². The molecule has 8 rings (SSSR count). The first-order valence-corrected chi connectivity index (χ1v) is 14.3. The third-order valence-electron chi connectivity index (χ3n) is 7.49. The molecule has 0 atom stereocenters. The Kier molecular flexibility index (Phi) is 7.64. The summed E-state index contributed by atoms with van der Waals surface area (Å²) in [7, 11) is 0. The van der Waals surface area contributed by atoms with Gasteiger partial charge in [-0.3, -0.25) is 0 Å². The third-order valence-corrected chi connectivity index (χ3v) is 8.28. The molecule has 0 saturated heterocycles. The van der Waals surface area contributed by atoms with Gasteiger partial charge in [-0.25, -0.2) is 4.37 Å². The van der Waals surface area contributed by atoms with E-state index in [0.29, 0.717) is 5.92 Å². The van der Waals surface area contributed by atoms with Gasteiger partial charge in [-0.05, 0) is 67.1 Å². The van der Waals surface area contributed by atoms with Gasteiger partial charge in [0.15, 0.2) is 0 Å². The quantitative estimate of drug-likeness (QED) is 0.134. The summed E-state index contributed by atoms with van der Waals surface area (Å²) in [5.74, 6) is 0.555. The van der Waals surface area contributed by atoms with Crippen LogP contribution in [0.5, 0.6) is 0 Å². The molecule has 0 unspecified atom stereocenters. The van der Waals surface area contributed by atoms with Gasteiger partial charge in [-0.15, -0.1) is 71.3 Å². The van der Waals surface area contributed by atoms with E-state index in [0.717, 1.165) is 22.5 Å². The molecule has 2 nitrogen and oxygen atoms in total. The molecule has 4 heteroatoms. The number of rotatable bonds is 3. The summed E-state index contributed by atoms with van der Waals surface area (Å²) < 4.78 is 6.01. The second kappa shape index (κ2) is 11.5. The molecule has 0 saturated carbocycles. The van der Waals surface area contributed by atoms with Gasteiger partial charge < -0.3 is 4.98 Å². The SMILES string of the molecule is CC(C)c1c[c-]c(-c2ccccn2)cc1.[Ir].[c-]1ccccc1-c1nsc2cc3ccc4cccc5ccc(c12)c3c45. The third kappa shape index (κ3) is 5.04. The van der Waals surface area contributed by atoms with E-state index < -0.39 is 0 Å². The minimum atomic E-state index is 0. The molecule has 201 valence electrons. The van der Waals surface area contributed by atoms with E-state index in [-0.39, 0.29) is 20.1 Å². The van der Waals surface area contributed by atoms with Crippen LogP contribution in [0.25, 0.3) is 64.9 Å². The summed E-state index contributed by atoms with van der Waals surface area (Å²) in [6.07, 6.45) is 1.81. The van der Waals surface area contributed by atoms with Crippen molar-refractivity contribution in [2.24, 2.45) is 0 Å². The molecule has 0 fully saturated rings. The first kappa shape index (κ1) is 27.2. The fourth-order valence-corrected chi connectivity index (χ4v) is 6.30. The smallest absolute Gasteiger partial charge is 0.0466 e. The number of hydrogen-bond donors (Lipinski definition) is 0. The zero-order valence-electron chi connectivity index (χ0n) is 22.7. The molecule has 8 aromatic rings. The summed E-state index contributed by atoms with van der Waals surface area (Å²) in [6.45, 7) is 4.37. The van der Waals surface area contributed by atoms with Crippen LogP contribution in [0.3, 0.4) is 0 Å². The monoisotopic (exact) mass is 723 g/mol. The van der Waals surface area contributed by atoms with Crippen molar-refractivity contribution >= 4 is 53.9 Å². The summed E-state index contributed by atoms with van der Waals surface area (Å²) in [4.78, 5) is 4.29. The molecule has 2 heterocycles. The van der Waals surface area contributed by atoms with Crippen LogP contribution in [0, 0.1) is 12.1 Å². The second-order valence-corrected chi connectivity index (χ2v) is 11.1. The van der Waals surface area contributed by atoms with Crippen LogP contribution in [-0.2, 0) is 20.1 Å². The first-order chi connectivity index (χ1) is 19.7. The Balaban J connectivity index is 0.000000164. The van der Waals surface area contributed by atoms with Crippen LogP contribution in [0.1, 0.15) is 25.3 Å². The molecular weight excluding hydrogens is 697 g/mol. The fourth-order valence-electron chi connectivity index (χ4n) is 5.44. The van der Waals surface area contributed by atoms with E-state index in [2.05, 4.69) is 104 Å². The Morgan fingerprint density at radius 2 is 1.49 bits per heavy atom. The maximum absolute atomic E-state index is 4.77. The largest absolute Gasteiger partial charge is 0.305 e. The van der Waals surface area contributed by atoms with E-state index in [4.69, 9.17) is 4.37 Å². The fraction of sp³-hybridized carbons (Fsp3) is 0.0811. The molecular formula is C37H26IrN2S-2. The standard InChI is InChI=1S/C23H12NS.C14H14N.Ir/c1-2-5-16(6-3-1)23-22-18-12-11-15-8-4-7-14-9-10-17(21(18)20(14)15)13-19(22)25-24-23;1-11(2)12-6-8-13(9-7-12)14-5-3-4-10-15-14;/h1-5,7-13H;3-8,10-11H,1-2H3;/q2*-1;. The van der Waals surface area contributed by atoms with Gasteiger partial charge in [0.05, 0.1) is 0 Å². The van der Waals surface area contributed by atoms with Crippen molar-refractivity contribution in [3.63, 3.8) is 0 Å².